The van der Waals surface area contributed by atoms with E-state index in [9.17, 15) is 14.4 Å². The van der Waals surface area contributed by atoms with Gasteiger partial charge < -0.3 is 26.8 Å². The van der Waals surface area contributed by atoms with E-state index in [2.05, 4.69) is 27.8 Å². The van der Waals surface area contributed by atoms with Gasteiger partial charge in [0.1, 0.15) is 12.6 Å². The molecule has 1 aliphatic rings. The number of hydrogen-bond acceptors (Lipinski definition) is 6. The first-order valence-corrected chi connectivity index (χ1v) is 10.9. The smallest absolute Gasteiger partial charge is 0.251 e. The molecule has 2 atom stereocenters. The lowest BCUT2D eigenvalue weighted by molar-refractivity contribution is -0.123. The average Bonchev–Trinajstić information content (AvgIpc) is 2.87. The predicted octanol–water partition coefficient (Wildman–Crippen LogP) is 0.785. The van der Waals surface area contributed by atoms with Crippen LogP contribution in [0.15, 0.2) is 48.5 Å². The van der Waals surface area contributed by atoms with E-state index in [0.717, 1.165) is 37.1 Å². The van der Waals surface area contributed by atoms with E-state index in [1.807, 2.05) is 24.3 Å². The van der Waals surface area contributed by atoms with Crippen LogP contribution in [0.2, 0.25) is 0 Å². The molecule has 1 fully saturated rings. The van der Waals surface area contributed by atoms with Crippen molar-refractivity contribution in [3.8, 4) is 11.8 Å². The summed E-state index contributed by atoms with van der Waals surface area (Å²) in [5.41, 5.74) is 8.07. The van der Waals surface area contributed by atoms with Gasteiger partial charge in [-0.15, -0.1) is 0 Å². The van der Waals surface area contributed by atoms with Crippen LogP contribution in [-0.4, -0.2) is 54.5 Å². The number of benzene rings is 2. The van der Waals surface area contributed by atoms with Gasteiger partial charge in [0.25, 0.3) is 5.91 Å². The summed E-state index contributed by atoms with van der Waals surface area (Å²) in [5, 5.41) is 17.6. The molecule has 6 N–H and O–H groups in total. The molecule has 0 unspecified atom stereocenters. The molecule has 0 spiro atoms. The molecule has 3 rings (SSSR count). The molecule has 0 bridgehead atoms. The molecular weight excluding hydrogens is 420 g/mol. The second kappa shape index (κ2) is 11.9. The summed E-state index contributed by atoms with van der Waals surface area (Å²) in [6.07, 6.45) is 3.01. The van der Waals surface area contributed by atoms with E-state index in [4.69, 9.17) is 10.8 Å². The Labute approximate surface area is 192 Å². The number of nitrogens with two attached hydrogens (primary N) is 1. The van der Waals surface area contributed by atoms with Crippen LogP contribution in [0.3, 0.4) is 0 Å². The number of Topliss-reactive ketones (excluding diaryl/α,β-unsaturated/α-hetero) is 1. The Kier molecular flexibility index (Phi) is 8.72. The van der Waals surface area contributed by atoms with Gasteiger partial charge >= 0.3 is 0 Å². The SMILES string of the molecule is NC[C@H](NC(=O)c1ccc(C#Cc2ccc(NC(=O)[C@@H]3CCCCN3)cc2)cc1)C(=O)CO. The Morgan fingerprint density at radius 2 is 1.67 bits per heavy atom. The first kappa shape index (κ1) is 24.1. The summed E-state index contributed by atoms with van der Waals surface area (Å²) in [4.78, 5) is 36.1. The minimum Gasteiger partial charge on any atom is -0.388 e. The normalized spacial score (nSPS) is 16.1. The van der Waals surface area contributed by atoms with Gasteiger partial charge in [-0.1, -0.05) is 18.3 Å². The molecule has 8 heteroatoms. The Morgan fingerprint density at radius 3 is 2.21 bits per heavy atom. The Balaban J connectivity index is 1.57. The van der Waals surface area contributed by atoms with Crippen LogP contribution in [0.5, 0.6) is 0 Å². The maximum absolute atomic E-state index is 12.3. The lowest BCUT2D eigenvalue weighted by Gasteiger charge is -2.22. The number of carbonyl (C=O) groups excluding carboxylic acids is 3. The number of anilines is 1. The minimum atomic E-state index is -0.923. The molecule has 1 saturated heterocycles. The summed E-state index contributed by atoms with van der Waals surface area (Å²) in [5.74, 6) is 5.08. The first-order chi connectivity index (χ1) is 16.0. The monoisotopic (exact) mass is 448 g/mol. The van der Waals surface area contributed by atoms with Crippen LogP contribution < -0.4 is 21.7 Å². The van der Waals surface area contributed by atoms with Gasteiger partial charge in [0, 0.05) is 28.9 Å². The maximum Gasteiger partial charge on any atom is 0.251 e. The van der Waals surface area contributed by atoms with Gasteiger partial charge in [0.15, 0.2) is 5.78 Å². The van der Waals surface area contributed by atoms with E-state index in [1.54, 1.807) is 24.3 Å². The predicted molar refractivity (Wildman–Crippen MR) is 126 cm³/mol. The highest BCUT2D eigenvalue weighted by Gasteiger charge is 2.20. The molecule has 2 amide bonds. The average molecular weight is 449 g/mol. The van der Waals surface area contributed by atoms with E-state index in [1.165, 1.54) is 0 Å². The number of hydrogen-bond donors (Lipinski definition) is 5. The summed E-state index contributed by atoms with van der Waals surface area (Å²) in [6, 6.07) is 12.9. The molecule has 172 valence electrons. The fourth-order valence-electron chi connectivity index (χ4n) is 3.41. The lowest BCUT2D eigenvalue weighted by Crippen LogP contribution is -2.46. The quantitative estimate of drug-likeness (QED) is 0.398. The third-order valence-corrected chi connectivity index (χ3v) is 5.36. The number of aliphatic hydroxyl groups is 1. The van der Waals surface area contributed by atoms with Gasteiger partial charge in [-0.25, -0.2) is 0 Å². The molecule has 0 aliphatic carbocycles. The highest BCUT2D eigenvalue weighted by atomic mass is 16.3. The largest absolute Gasteiger partial charge is 0.388 e. The molecule has 1 heterocycles. The third kappa shape index (κ3) is 6.99. The zero-order valence-corrected chi connectivity index (χ0v) is 18.3. The topological polar surface area (TPSA) is 134 Å². The number of rotatable bonds is 7. The highest BCUT2D eigenvalue weighted by molar-refractivity contribution is 5.98. The standard InChI is InChI=1S/C25H28N4O4/c26-15-22(23(31)16-30)29-24(32)19-10-6-17(7-11-19)4-5-18-8-12-20(13-9-18)28-25(33)21-3-1-2-14-27-21/h6-13,21-22,27,30H,1-3,14-16,26H2,(H,28,33)(H,29,32)/t21-,22-/m0/s1. The number of piperidine rings is 1. The second-order valence-electron chi connectivity index (χ2n) is 7.78. The molecule has 2 aromatic carbocycles. The highest BCUT2D eigenvalue weighted by Crippen LogP contribution is 2.13. The summed E-state index contributed by atoms with van der Waals surface area (Å²) in [7, 11) is 0. The molecule has 8 nitrogen and oxygen atoms in total. The first-order valence-electron chi connectivity index (χ1n) is 10.9. The van der Waals surface area contributed by atoms with Gasteiger partial charge in [-0.05, 0) is 67.9 Å². The third-order valence-electron chi connectivity index (χ3n) is 5.36. The number of carbonyl (C=O) groups is 3. The van der Waals surface area contributed by atoms with Gasteiger partial charge in [0.05, 0.1) is 6.04 Å². The van der Waals surface area contributed by atoms with Gasteiger partial charge in [-0.3, -0.25) is 14.4 Å². The molecule has 0 saturated carbocycles. The van der Waals surface area contributed by atoms with Crippen molar-refractivity contribution in [2.75, 3.05) is 25.0 Å². The zero-order valence-electron chi connectivity index (χ0n) is 18.3. The minimum absolute atomic E-state index is 0.0174. The van der Waals surface area contributed by atoms with Crippen LogP contribution >= 0.6 is 0 Å². The number of nitrogens with one attached hydrogen (secondary N) is 3. The lowest BCUT2D eigenvalue weighted by atomic mass is 10.0. The van der Waals surface area contributed by atoms with Crippen LogP contribution in [0.1, 0.15) is 40.7 Å². The van der Waals surface area contributed by atoms with E-state index in [0.29, 0.717) is 11.1 Å². The van der Waals surface area contributed by atoms with Gasteiger partial charge in [0.2, 0.25) is 5.91 Å². The summed E-state index contributed by atoms with van der Waals surface area (Å²) < 4.78 is 0. The van der Waals surface area contributed by atoms with Crippen molar-refractivity contribution in [2.24, 2.45) is 5.73 Å². The van der Waals surface area contributed by atoms with Crippen LogP contribution in [0.4, 0.5) is 5.69 Å². The van der Waals surface area contributed by atoms with Crippen molar-refractivity contribution in [3.63, 3.8) is 0 Å². The van der Waals surface area contributed by atoms with E-state index >= 15 is 0 Å². The van der Waals surface area contributed by atoms with Crippen molar-refractivity contribution >= 4 is 23.3 Å². The Hall–Kier alpha value is -3.51. The molecule has 0 radical (unpaired) electrons. The number of aliphatic hydroxyl groups excluding tert-OH is 1. The van der Waals surface area contributed by atoms with Gasteiger partial charge in [-0.2, -0.15) is 0 Å². The number of amides is 2. The second-order valence-corrected chi connectivity index (χ2v) is 7.78. The van der Waals surface area contributed by atoms with Crippen molar-refractivity contribution in [1.82, 2.24) is 10.6 Å². The molecule has 33 heavy (non-hydrogen) atoms. The summed E-state index contributed by atoms with van der Waals surface area (Å²) in [6.45, 7) is 0.103. The maximum atomic E-state index is 12.3. The van der Waals surface area contributed by atoms with Crippen LogP contribution in [-0.2, 0) is 9.59 Å². The fourth-order valence-corrected chi connectivity index (χ4v) is 3.41. The molecule has 0 aromatic heterocycles. The van der Waals surface area contributed by atoms with Crippen molar-refractivity contribution < 1.29 is 19.5 Å². The zero-order chi connectivity index (χ0) is 23.6. The Bertz CT molecular complexity index is 1030. The van der Waals surface area contributed by atoms with E-state index < -0.39 is 24.3 Å². The van der Waals surface area contributed by atoms with E-state index in [-0.39, 0.29) is 18.5 Å². The van der Waals surface area contributed by atoms with Crippen LogP contribution in [0.25, 0.3) is 0 Å². The number of ketones is 1. The Morgan fingerprint density at radius 1 is 1.03 bits per heavy atom. The van der Waals surface area contributed by atoms with Crippen molar-refractivity contribution in [3.05, 3.63) is 65.2 Å². The molecule has 2 aromatic rings. The van der Waals surface area contributed by atoms with Crippen molar-refractivity contribution in [2.45, 2.75) is 31.3 Å². The summed E-state index contributed by atoms with van der Waals surface area (Å²) >= 11 is 0. The van der Waals surface area contributed by atoms with Crippen LogP contribution in [0, 0.1) is 11.8 Å². The van der Waals surface area contributed by atoms with Crippen molar-refractivity contribution in [1.29, 1.82) is 0 Å². The molecule has 1 aliphatic heterocycles. The fraction of sp³-hybridized carbons (Fsp3) is 0.320. The molecular formula is C25H28N4O4.